The molecular weight excluding hydrogens is 420 g/mol. The van der Waals surface area contributed by atoms with Crippen molar-refractivity contribution in [1.82, 2.24) is 9.80 Å². The van der Waals surface area contributed by atoms with Gasteiger partial charge in [0.25, 0.3) is 0 Å². The van der Waals surface area contributed by atoms with Crippen LogP contribution in [0.1, 0.15) is 88.8 Å². The minimum absolute atomic E-state index is 0.0931. The molecule has 0 aromatic heterocycles. The van der Waals surface area contributed by atoms with Crippen LogP contribution in [-0.2, 0) is 23.9 Å². The maximum absolute atomic E-state index is 11.1. The SMILES string of the molecule is Cc1cc(CN2C[C@H](C)N(Cc3cc(C)cc(C(C)(C)C)c3O)C[C@H]2C)c(O)c(C(C)(C)C)c1. The molecular formula is C30H46N2O2. The minimum atomic E-state index is -0.0931. The summed E-state index contributed by atoms with van der Waals surface area (Å²) in [6, 6.07) is 9.19. The fourth-order valence-corrected chi connectivity index (χ4v) is 5.24. The van der Waals surface area contributed by atoms with Crippen LogP contribution in [0.5, 0.6) is 11.5 Å². The second kappa shape index (κ2) is 9.54. The summed E-state index contributed by atoms with van der Waals surface area (Å²) in [5.41, 5.74) is 6.28. The number of benzene rings is 2. The molecule has 0 spiro atoms. The molecule has 1 fully saturated rings. The monoisotopic (exact) mass is 466 g/mol. The minimum Gasteiger partial charge on any atom is -0.507 e. The Kier molecular flexibility index (Phi) is 7.46. The number of aromatic hydroxyl groups is 2. The van der Waals surface area contributed by atoms with Crippen LogP contribution in [0.4, 0.5) is 0 Å². The van der Waals surface area contributed by atoms with Crippen molar-refractivity contribution in [3.63, 3.8) is 0 Å². The number of nitrogens with zero attached hydrogens (tertiary/aromatic N) is 2. The summed E-state index contributed by atoms with van der Waals surface area (Å²) in [5, 5.41) is 22.1. The predicted octanol–water partition coefficient (Wildman–Crippen LogP) is 6.40. The van der Waals surface area contributed by atoms with E-state index in [-0.39, 0.29) is 10.8 Å². The highest BCUT2D eigenvalue weighted by atomic mass is 16.3. The van der Waals surface area contributed by atoms with E-state index in [0.717, 1.165) is 48.4 Å². The van der Waals surface area contributed by atoms with E-state index in [4.69, 9.17) is 0 Å². The number of piperazine rings is 1. The van der Waals surface area contributed by atoms with Crippen LogP contribution < -0.4 is 0 Å². The van der Waals surface area contributed by atoms with Gasteiger partial charge in [-0.2, -0.15) is 0 Å². The topological polar surface area (TPSA) is 46.9 Å². The van der Waals surface area contributed by atoms with Gasteiger partial charge in [-0.25, -0.2) is 0 Å². The lowest BCUT2D eigenvalue weighted by atomic mass is 9.84. The number of aryl methyl sites for hydroxylation is 2. The van der Waals surface area contributed by atoms with Gasteiger partial charge in [-0.05, 0) is 49.7 Å². The van der Waals surface area contributed by atoms with E-state index < -0.39 is 0 Å². The first-order valence-corrected chi connectivity index (χ1v) is 12.7. The normalized spacial score (nSPS) is 20.6. The maximum atomic E-state index is 11.1. The van der Waals surface area contributed by atoms with Crippen LogP contribution in [0, 0.1) is 13.8 Å². The zero-order chi connectivity index (χ0) is 25.6. The molecule has 1 aliphatic heterocycles. The summed E-state index contributed by atoms with van der Waals surface area (Å²) in [6.45, 7) is 25.0. The number of phenolic OH excluding ortho intramolecular Hbond substituents is 2. The van der Waals surface area contributed by atoms with Crippen molar-refractivity contribution < 1.29 is 10.2 Å². The Morgan fingerprint density at radius 2 is 1.00 bits per heavy atom. The highest BCUT2D eigenvalue weighted by molar-refractivity contribution is 5.48. The first-order chi connectivity index (χ1) is 15.6. The quantitative estimate of drug-likeness (QED) is 0.547. The van der Waals surface area contributed by atoms with Gasteiger partial charge >= 0.3 is 0 Å². The molecule has 4 nitrogen and oxygen atoms in total. The van der Waals surface area contributed by atoms with Gasteiger partial charge in [-0.3, -0.25) is 9.80 Å². The van der Waals surface area contributed by atoms with E-state index in [1.165, 1.54) is 11.1 Å². The van der Waals surface area contributed by atoms with Gasteiger partial charge in [0.05, 0.1) is 0 Å². The van der Waals surface area contributed by atoms with E-state index in [9.17, 15) is 10.2 Å². The highest BCUT2D eigenvalue weighted by Crippen LogP contribution is 2.37. The first-order valence-electron chi connectivity index (χ1n) is 12.7. The fourth-order valence-electron chi connectivity index (χ4n) is 5.24. The summed E-state index contributed by atoms with van der Waals surface area (Å²) in [6.07, 6.45) is 0. The molecule has 0 amide bonds. The van der Waals surface area contributed by atoms with Crippen molar-refractivity contribution >= 4 is 0 Å². The number of phenols is 2. The second-order valence-corrected chi connectivity index (χ2v) is 12.7. The molecule has 188 valence electrons. The Morgan fingerprint density at radius 3 is 1.29 bits per heavy atom. The highest BCUT2D eigenvalue weighted by Gasteiger charge is 2.31. The predicted molar refractivity (Wildman–Crippen MR) is 143 cm³/mol. The average molecular weight is 467 g/mol. The Hall–Kier alpha value is -2.04. The van der Waals surface area contributed by atoms with Crippen molar-refractivity contribution in [2.24, 2.45) is 0 Å². The van der Waals surface area contributed by atoms with Crippen LogP contribution >= 0.6 is 0 Å². The summed E-state index contributed by atoms with van der Waals surface area (Å²) >= 11 is 0. The maximum Gasteiger partial charge on any atom is 0.123 e. The lowest BCUT2D eigenvalue weighted by Crippen LogP contribution is -2.55. The summed E-state index contributed by atoms with van der Waals surface area (Å²) in [7, 11) is 0. The van der Waals surface area contributed by atoms with Gasteiger partial charge in [0, 0.05) is 49.4 Å². The third-order valence-corrected chi connectivity index (χ3v) is 7.27. The molecule has 34 heavy (non-hydrogen) atoms. The van der Waals surface area contributed by atoms with E-state index in [1.807, 2.05) is 0 Å². The number of hydrogen-bond acceptors (Lipinski definition) is 4. The van der Waals surface area contributed by atoms with E-state index in [0.29, 0.717) is 23.6 Å². The van der Waals surface area contributed by atoms with Gasteiger partial charge < -0.3 is 10.2 Å². The van der Waals surface area contributed by atoms with Crippen LogP contribution in [-0.4, -0.2) is 45.2 Å². The van der Waals surface area contributed by atoms with E-state index in [1.54, 1.807) is 0 Å². The molecule has 4 heteroatoms. The Balaban J connectivity index is 1.79. The molecule has 0 saturated carbocycles. The molecule has 1 saturated heterocycles. The van der Waals surface area contributed by atoms with E-state index >= 15 is 0 Å². The number of hydrogen-bond donors (Lipinski definition) is 2. The fraction of sp³-hybridized carbons (Fsp3) is 0.600. The largest absolute Gasteiger partial charge is 0.507 e. The van der Waals surface area contributed by atoms with Crippen molar-refractivity contribution in [3.8, 4) is 11.5 Å². The van der Waals surface area contributed by atoms with Crippen LogP contribution in [0.25, 0.3) is 0 Å². The summed E-state index contributed by atoms with van der Waals surface area (Å²) in [5.74, 6) is 0.888. The van der Waals surface area contributed by atoms with Crippen molar-refractivity contribution in [3.05, 3.63) is 57.6 Å². The molecule has 0 aliphatic carbocycles. The molecule has 0 bridgehead atoms. The standard InChI is InChI=1S/C30H46N2O2/c1-19-11-23(27(33)25(13-19)29(5,6)7)17-31-15-22(4)32(16-21(31)3)18-24-12-20(2)14-26(28(24)34)30(8,9)10/h11-14,21-22,33-34H,15-18H2,1-10H3/t21-,22+. The molecule has 0 unspecified atom stereocenters. The average Bonchev–Trinajstić information content (AvgIpc) is 2.68. The third-order valence-electron chi connectivity index (χ3n) is 7.27. The Labute approximate surface area is 207 Å². The Morgan fingerprint density at radius 1 is 0.676 bits per heavy atom. The lowest BCUT2D eigenvalue weighted by Gasteiger charge is -2.44. The van der Waals surface area contributed by atoms with Crippen LogP contribution in [0.2, 0.25) is 0 Å². The molecule has 0 radical (unpaired) electrons. The third kappa shape index (κ3) is 5.78. The second-order valence-electron chi connectivity index (χ2n) is 12.7. The number of rotatable bonds is 4. The summed E-state index contributed by atoms with van der Waals surface area (Å²) in [4.78, 5) is 4.97. The van der Waals surface area contributed by atoms with Gasteiger partial charge in [-0.15, -0.1) is 0 Å². The van der Waals surface area contributed by atoms with Gasteiger partial charge in [0.1, 0.15) is 11.5 Å². The molecule has 1 aliphatic rings. The van der Waals surface area contributed by atoms with Gasteiger partial charge in [0.2, 0.25) is 0 Å². The zero-order valence-electron chi connectivity index (χ0n) is 23.1. The molecule has 1 heterocycles. The molecule has 2 N–H and O–H groups in total. The van der Waals surface area contributed by atoms with Crippen molar-refractivity contribution in [2.75, 3.05) is 13.1 Å². The van der Waals surface area contributed by atoms with Crippen molar-refractivity contribution in [2.45, 2.75) is 105 Å². The van der Waals surface area contributed by atoms with Gasteiger partial charge in [0.15, 0.2) is 0 Å². The molecule has 3 rings (SSSR count). The summed E-state index contributed by atoms with van der Waals surface area (Å²) < 4.78 is 0. The van der Waals surface area contributed by atoms with Crippen LogP contribution in [0.3, 0.4) is 0 Å². The first kappa shape index (κ1) is 26.6. The smallest absolute Gasteiger partial charge is 0.123 e. The van der Waals surface area contributed by atoms with Gasteiger partial charge in [-0.1, -0.05) is 76.9 Å². The lowest BCUT2D eigenvalue weighted by molar-refractivity contribution is 0.0319. The Bertz CT molecular complexity index is 946. The van der Waals surface area contributed by atoms with E-state index in [2.05, 4.69) is 103 Å². The molecule has 2 aromatic rings. The zero-order valence-corrected chi connectivity index (χ0v) is 23.1. The van der Waals surface area contributed by atoms with Crippen molar-refractivity contribution in [1.29, 1.82) is 0 Å². The molecule has 2 atom stereocenters. The molecule has 2 aromatic carbocycles. The van der Waals surface area contributed by atoms with Crippen LogP contribution in [0.15, 0.2) is 24.3 Å².